The molecule has 2 saturated heterocycles. The molecule has 3 fully saturated rings. The zero-order chi connectivity index (χ0) is 105. The standard InChI is InChI=1S/C34H54N5O7P.C26H42N5O6P.C17H26N3O4P.C11H15N2O2P.C9H12NOP.CH5P.CH4/c1-6-13-25(29(41)32(44)35-19-27(40)37-28(31(43)38-47)23-16-11-8-12-17-23)36-30(42)26-18-24(46-34(3,4)5)20-39(26)33(45)21(2)22-14-9-7-10-15-22;1-6-10-18(28-23(34)19-13-17(15-31(19)5)37-26(2,3)4)22(33)25(36)27-14-20(32)29-21(24(35)30-38)16-11-8-7-9-12-16;1-3-7-11(2)15(22)17(24)18-10-13(21)19-14(16(23)20-25)12-8-5-4-6-9-12;1-2-9(14)12-10(11(15)13-16)8-6-4-3-5-7-8;1-7(9(11)10-12)8-5-3-2-4-6-8;1-2;/h8,11-12,16-17,21-22,24-26,28-29,41H,6-7,9-10,13-15,18-20,47H2,1-5H3,(H,35,44)(H,36,42)(H,37,40)(H,38,43);7-9,11-12,17-19,21-22,33H,6,10,13-15,38H2,1-5H3,(H,27,36)(H,28,34)(H,29,32)(H,30,35);4-6,8-9,11,14-15,22H,3,7,10,25H2,1-2H3,(H,18,24)(H,19,21)(H,20,23);3-7,10H,2,16H2,1H3,(H,12,14)(H,13,15);2-7H,12H2,1H3,(H,10,11);2H2,1H3;1H4/t21-,24+,25?,26-,28-,29?;17-,18?,19+,21+,22?;11?,14-,15?;10-;7-;;/m01000../s1. The van der Waals surface area contributed by atoms with E-state index < -0.39 is 144 Å². The summed E-state index contributed by atoms with van der Waals surface area (Å²) in [5, 5.41) is 67.2. The summed E-state index contributed by atoms with van der Waals surface area (Å²) in [7, 11) is 14.9. The minimum Gasteiger partial charge on any atom is -0.383 e. The van der Waals surface area contributed by atoms with E-state index in [1.807, 2.05) is 143 Å². The van der Waals surface area contributed by atoms with Crippen molar-refractivity contribution in [3.8, 4) is 0 Å². The van der Waals surface area contributed by atoms with E-state index in [0.717, 1.165) is 43.2 Å². The molecule has 0 aromatic heterocycles. The Kier molecular flexibility index (Phi) is 61.4. The highest BCUT2D eigenvalue weighted by atomic mass is 31.0. The fraction of sp³-hybridized carbons (Fsp3) is 0.545. The van der Waals surface area contributed by atoms with Crippen molar-refractivity contribution in [1.82, 2.24) is 83.1 Å². The van der Waals surface area contributed by atoms with Crippen LogP contribution < -0.4 is 73.3 Å². The molecule has 2 heterocycles. The molecule has 0 radical (unpaired) electrons. The highest BCUT2D eigenvalue weighted by Gasteiger charge is 2.46. The Balaban J connectivity index is 0.000000636. The van der Waals surface area contributed by atoms with Crippen LogP contribution in [-0.2, 0) is 81.4 Å². The molecule has 8 rings (SSSR count). The van der Waals surface area contributed by atoms with Crippen LogP contribution in [0.2, 0.25) is 0 Å². The van der Waals surface area contributed by atoms with Gasteiger partial charge in [-0.1, -0.05) is 246 Å². The molecular weight excluding hydrogens is 1920 g/mol. The maximum absolute atomic E-state index is 13.8. The average molecular weight is 2080 g/mol. The minimum absolute atomic E-state index is 0. The van der Waals surface area contributed by atoms with Crippen LogP contribution in [0.5, 0.6) is 0 Å². The van der Waals surface area contributed by atoms with Gasteiger partial charge in [-0.05, 0) is 181 Å². The summed E-state index contributed by atoms with van der Waals surface area (Å²) in [4.78, 5) is 190. The van der Waals surface area contributed by atoms with Crippen LogP contribution in [0.4, 0.5) is 0 Å². The third-order valence-corrected chi connectivity index (χ3v) is 24.4. The zero-order valence-electron chi connectivity index (χ0n) is 83.3. The van der Waals surface area contributed by atoms with Crippen molar-refractivity contribution in [3.63, 3.8) is 0 Å². The van der Waals surface area contributed by atoms with Crippen LogP contribution in [0.1, 0.15) is 245 Å². The lowest BCUT2D eigenvalue weighted by molar-refractivity contribution is -0.144. The SMILES string of the molecule is C.CCC(=O)N[C@H](C(=O)NP)c1ccccc1.CCCC(C)C(O)C(=O)NCC(=O)N[C@H](C(=O)NP)c1ccccc1.CCCC(NC(=O)[C@@H]1C[C@@H](OC(C)(C)C)CN1C(=O)[C@@H](C)C1CCCCC1)C(O)C(=O)NCC(=O)N[C@H](C(=O)NP)c1ccccc1.CCCC(NC(=O)[C@@H]1C[C@@H](OC(C)(C)C)CN1C)C(O)C(=O)NCC(=O)N[C@H](C(=O)NP)c1ccccc1.CP.C[C@H](C(=O)NP)c1ccccc1. The van der Waals surface area contributed by atoms with Crippen LogP contribution in [0.15, 0.2) is 152 Å². The molecule has 784 valence electrons. The highest BCUT2D eigenvalue weighted by molar-refractivity contribution is 7.16. The van der Waals surface area contributed by atoms with Crippen molar-refractivity contribution < 1.29 is 96.7 Å². The first-order valence-corrected chi connectivity index (χ1v) is 51.4. The first-order chi connectivity index (χ1) is 66.4. The number of hydrogen-bond donors (Lipinski definition) is 17. The Labute approximate surface area is 846 Å². The van der Waals surface area contributed by atoms with Crippen molar-refractivity contribution in [2.45, 2.75) is 283 Å². The molecule has 42 heteroatoms. The smallest absolute Gasteiger partial charge is 0.251 e. The van der Waals surface area contributed by atoms with Gasteiger partial charge in [0, 0.05) is 31.8 Å². The molecule has 17 N–H and O–H groups in total. The lowest BCUT2D eigenvalue weighted by Crippen LogP contribution is -2.56. The minimum atomic E-state index is -1.65. The normalized spacial score (nSPS) is 17.4. The van der Waals surface area contributed by atoms with Crippen molar-refractivity contribution in [2.75, 3.05) is 46.4 Å². The molecule has 1 saturated carbocycles. The van der Waals surface area contributed by atoms with Gasteiger partial charge in [-0.3, -0.25) is 76.8 Å². The summed E-state index contributed by atoms with van der Waals surface area (Å²) < 4.78 is 12.2. The molecule has 15 amide bonds. The lowest BCUT2D eigenvalue weighted by Gasteiger charge is -2.33. The van der Waals surface area contributed by atoms with E-state index in [0.29, 0.717) is 74.7 Å². The van der Waals surface area contributed by atoms with Gasteiger partial charge in [-0.2, -0.15) is 0 Å². The third-order valence-electron chi connectivity index (χ3n) is 23.0. The molecule has 2 aliphatic heterocycles. The molecule has 3 aliphatic rings. The van der Waals surface area contributed by atoms with E-state index in [-0.39, 0.29) is 91.4 Å². The molecule has 0 spiro atoms. The van der Waals surface area contributed by atoms with Crippen LogP contribution in [0.25, 0.3) is 0 Å². The average Bonchev–Trinajstić information content (AvgIpc) is 1.67. The number of aliphatic hydroxyl groups is 3. The van der Waals surface area contributed by atoms with Gasteiger partial charge >= 0.3 is 0 Å². The molecule has 1 aliphatic carbocycles. The summed E-state index contributed by atoms with van der Waals surface area (Å²) in [6.45, 7) is 26.3. The number of nitrogens with zero attached hydrogens (tertiary/aromatic N) is 2. The number of ether oxygens (including phenoxy) is 2. The molecule has 5 aromatic rings. The van der Waals surface area contributed by atoms with Crippen molar-refractivity contribution >= 4 is 145 Å². The van der Waals surface area contributed by atoms with E-state index in [2.05, 4.69) is 129 Å². The topological polar surface area (TPSA) is 510 Å². The van der Waals surface area contributed by atoms with Crippen LogP contribution in [-0.4, -0.2) is 226 Å². The second kappa shape index (κ2) is 67.9. The molecule has 12 unspecified atom stereocenters. The summed E-state index contributed by atoms with van der Waals surface area (Å²) in [5.41, 5.74) is 2.76. The fourth-order valence-corrected chi connectivity index (χ4v) is 16.6. The van der Waals surface area contributed by atoms with Gasteiger partial charge in [0.05, 0.1) is 67.1 Å². The highest BCUT2D eigenvalue weighted by Crippen LogP contribution is 2.35. The molecule has 36 nitrogen and oxygen atoms in total. The number of likely N-dealkylation sites (tertiary alicyclic amines) is 2. The number of amides is 15. The zero-order valence-corrected chi connectivity index (χ0v) is 90.3. The second-order valence-corrected chi connectivity index (χ2v) is 37.5. The van der Waals surface area contributed by atoms with Gasteiger partial charge in [0.1, 0.15) is 36.3 Å². The lowest BCUT2D eigenvalue weighted by atomic mass is 9.80. The molecule has 5 aromatic carbocycles. The van der Waals surface area contributed by atoms with Crippen LogP contribution in [0.3, 0.4) is 0 Å². The quantitative estimate of drug-likeness (QED) is 0.0168. The van der Waals surface area contributed by atoms with Gasteiger partial charge < -0.3 is 103 Å². The Bertz CT molecular complexity index is 4660. The largest absolute Gasteiger partial charge is 0.383 e. The first-order valence-electron chi connectivity index (χ1n) is 47.3. The fourth-order valence-electron chi connectivity index (χ4n) is 15.7. The van der Waals surface area contributed by atoms with Gasteiger partial charge in [0.25, 0.3) is 11.8 Å². The number of carbonyl (C=O) groups is 15. The Morgan fingerprint density at radius 3 is 1.00 bits per heavy atom. The molecule has 141 heavy (non-hydrogen) atoms. The predicted octanol–water partition coefficient (Wildman–Crippen LogP) is 7.56. The number of likely N-dealkylation sites (N-methyl/N-ethyl adjacent to an activating group) is 1. The van der Waals surface area contributed by atoms with Crippen LogP contribution >= 0.6 is 56.2 Å². The number of rotatable bonds is 41. The summed E-state index contributed by atoms with van der Waals surface area (Å²) in [6.07, 6.45) is 5.14. The summed E-state index contributed by atoms with van der Waals surface area (Å²) >= 11 is 0. The monoisotopic (exact) mass is 2080 g/mol. The predicted molar refractivity (Wildman–Crippen MR) is 567 cm³/mol. The maximum Gasteiger partial charge on any atom is 0.251 e. The van der Waals surface area contributed by atoms with Gasteiger partial charge in [-0.15, -0.1) is 9.24 Å². The second-order valence-electron chi connectivity index (χ2n) is 36.1. The van der Waals surface area contributed by atoms with E-state index in [9.17, 15) is 87.2 Å². The summed E-state index contributed by atoms with van der Waals surface area (Å²) in [6, 6.07) is 38.4. The first kappa shape index (κ1) is 128. The number of nitrogens with one attached hydrogen (secondary N) is 14. The van der Waals surface area contributed by atoms with Crippen molar-refractivity contribution in [3.05, 3.63) is 179 Å². The maximum atomic E-state index is 13.8. The number of benzene rings is 5. The molecular formula is C99H158N16O20P6. The van der Waals surface area contributed by atoms with E-state index in [1.165, 1.54) is 6.42 Å². The van der Waals surface area contributed by atoms with Gasteiger partial charge in [0.2, 0.25) is 76.8 Å². The third kappa shape index (κ3) is 46.0. The van der Waals surface area contributed by atoms with E-state index in [1.54, 1.807) is 122 Å². The van der Waals surface area contributed by atoms with E-state index in [4.69, 9.17) is 9.47 Å². The molecule has 22 atom stereocenters. The van der Waals surface area contributed by atoms with E-state index >= 15 is 0 Å². The Morgan fingerprint density at radius 1 is 0.390 bits per heavy atom. The number of hydrogen-bond acceptors (Lipinski definition) is 21. The summed E-state index contributed by atoms with van der Waals surface area (Å²) in [5.74, 6) is -6.72. The van der Waals surface area contributed by atoms with Crippen LogP contribution in [0, 0.1) is 17.8 Å². The number of carbonyl (C=O) groups excluding carboxylic acids is 15. The Hall–Kier alpha value is -9.51. The van der Waals surface area contributed by atoms with Gasteiger partial charge in [0.15, 0.2) is 12.2 Å². The molecule has 0 bridgehead atoms. The Morgan fingerprint density at radius 2 is 0.688 bits per heavy atom. The number of aliphatic hydroxyl groups excluding tert-OH is 3. The van der Waals surface area contributed by atoms with Gasteiger partial charge in [-0.25, -0.2) is 0 Å². The van der Waals surface area contributed by atoms with Crippen molar-refractivity contribution in [2.24, 2.45) is 17.8 Å². The van der Waals surface area contributed by atoms with Crippen molar-refractivity contribution in [1.29, 1.82) is 0 Å².